The molecule has 3 amide bonds. The zero-order chi connectivity index (χ0) is 29.1. The molecule has 0 fully saturated rings. The van der Waals surface area contributed by atoms with Crippen LogP contribution < -0.4 is 21.7 Å². The van der Waals surface area contributed by atoms with Crippen LogP contribution in [0.1, 0.15) is 44.5 Å². The molecule has 0 saturated heterocycles. The highest BCUT2D eigenvalue weighted by atomic mass is 32.2. The predicted octanol–water partition coefficient (Wildman–Crippen LogP) is 2.28. The monoisotopic (exact) mass is 564 g/mol. The average molecular weight is 565 g/mol. The molecule has 3 N–H and O–H groups in total. The molecule has 0 spiro atoms. The van der Waals surface area contributed by atoms with Crippen molar-refractivity contribution in [2.75, 3.05) is 6.26 Å². The van der Waals surface area contributed by atoms with Crippen molar-refractivity contribution >= 4 is 27.6 Å². The van der Waals surface area contributed by atoms with Gasteiger partial charge in [-0.2, -0.15) is 13.2 Å². The van der Waals surface area contributed by atoms with Crippen LogP contribution >= 0.6 is 0 Å². The zero-order valence-electron chi connectivity index (χ0n) is 20.8. The quantitative estimate of drug-likeness (QED) is 0.392. The van der Waals surface area contributed by atoms with E-state index in [1.807, 2.05) is 5.43 Å². The summed E-state index contributed by atoms with van der Waals surface area (Å²) >= 11 is 0. The summed E-state index contributed by atoms with van der Waals surface area (Å²) in [7, 11) is -3.45. The molecule has 0 bridgehead atoms. The molecule has 1 aromatic heterocycles. The van der Waals surface area contributed by atoms with Gasteiger partial charge < -0.3 is 5.32 Å². The number of aromatic nitrogens is 1. The number of rotatable bonds is 6. The predicted molar refractivity (Wildman–Crippen MR) is 134 cm³/mol. The van der Waals surface area contributed by atoms with Crippen molar-refractivity contribution in [3.8, 4) is 5.69 Å². The van der Waals surface area contributed by atoms with Crippen molar-refractivity contribution in [2.24, 2.45) is 0 Å². The van der Waals surface area contributed by atoms with E-state index in [1.165, 1.54) is 37.3 Å². The summed E-state index contributed by atoms with van der Waals surface area (Å²) in [6.45, 7) is 2.30. The molecule has 0 unspecified atom stereocenters. The Morgan fingerprint density at radius 1 is 0.949 bits per heavy atom. The number of halogens is 3. The van der Waals surface area contributed by atoms with Gasteiger partial charge in [0.05, 0.1) is 16.0 Å². The van der Waals surface area contributed by atoms with Gasteiger partial charge in [-0.1, -0.05) is 18.2 Å². The molecule has 0 aliphatic carbocycles. The minimum absolute atomic E-state index is 0.0419. The van der Waals surface area contributed by atoms with Crippen LogP contribution in [0.3, 0.4) is 0 Å². The number of alkyl halides is 3. The average Bonchev–Trinajstić information content (AvgIpc) is 2.85. The van der Waals surface area contributed by atoms with E-state index in [0.717, 1.165) is 42.0 Å². The van der Waals surface area contributed by atoms with Gasteiger partial charge in [-0.15, -0.1) is 0 Å². The molecule has 0 radical (unpaired) electrons. The summed E-state index contributed by atoms with van der Waals surface area (Å²) in [6.07, 6.45) is -3.66. The SMILES string of the molecule is CC(=O)NNC(=O)c1cc(C)n(-c2cccc(C(F)(F)F)c2)c(=O)c1C(=O)NCc1ccc(S(C)(=O)=O)cc1. The van der Waals surface area contributed by atoms with Crippen LogP contribution in [0, 0.1) is 6.92 Å². The zero-order valence-corrected chi connectivity index (χ0v) is 21.7. The minimum Gasteiger partial charge on any atom is -0.348 e. The lowest BCUT2D eigenvalue weighted by molar-refractivity contribution is -0.137. The Bertz CT molecular complexity index is 1610. The number of pyridine rings is 1. The normalized spacial score (nSPS) is 11.5. The Hall–Kier alpha value is -4.46. The van der Waals surface area contributed by atoms with E-state index < -0.39 is 56.0 Å². The van der Waals surface area contributed by atoms with E-state index in [9.17, 15) is 40.8 Å². The van der Waals surface area contributed by atoms with E-state index in [0.29, 0.717) is 5.56 Å². The van der Waals surface area contributed by atoms with Gasteiger partial charge in [-0.05, 0) is 48.9 Å². The van der Waals surface area contributed by atoms with Crippen LogP contribution in [0.25, 0.3) is 5.69 Å². The fourth-order valence-corrected chi connectivity index (χ4v) is 4.24. The van der Waals surface area contributed by atoms with Crippen molar-refractivity contribution in [1.29, 1.82) is 0 Å². The van der Waals surface area contributed by atoms with Crippen LogP contribution in [0.4, 0.5) is 13.2 Å². The molecule has 39 heavy (non-hydrogen) atoms. The number of hydrogen-bond acceptors (Lipinski definition) is 6. The molecule has 1 heterocycles. The Labute approximate surface area is 220 Å². The summed E-state index contributed by atoms with van der Waals surface area (Å²) in [5, 5.41) is 2.46. The Morgan fingerprint density at radius 3 is 2.15 bits per heavy atom. The molecular weight excluding hydrogens is 541 g/mol. The third kappa shape index (κ3) is 6.90. The molecule has 3 rings (SSSR count). The minimum atomic E-state index is -4.70. The lowest BCUT2D eigenvalue weighted by Gasteiger charge is -2.17. The summed E-state index contributed by atoms with van der Waals surface area (Å²) in [5.74, 6) is -2.67. The summed E-state index contributed by atoms with van der Waals surface area (Å²) in [4.78, 5) is 50.7. The molecule has 0 aliphatic heterocycles. The first-order valence-electron chi connectivity index (χ1n) is 11.2. The van der Waals surface area contributed by atoms with Gasteiger partial charge in [-0.25, -0.2) is 8.42 Å². The first-order chi connectivity index (χ1) is 18.1. The van der Waals surface area contributed by atoms with E-state index in [2.05, 4.69) is 10.7 Å². The molecule has 0 atom stereocenters. The third-order valence-corrected chi connectivity index (χ3v) is 6.58. The van der Waals surface area contributed by atoms with Gasteiger partial charge in [-0.3, -0.25) is 34.6 Å². The molecular formula is C25H23F3N4O6S. The van der Waals surface area contributed by atoms with Crippen molar-refractivity contribution in [1.82, 2.24) is 20.7 Å². The van der Waals surface area contributed by atoms with E-state index >= 15 is 0 Å². The molecule has 0 saturated carbocycles. The molecule has 0 aliphatic rings. The van der Waals surface area contributed by atoms with Gasteiger partial charge in [0.15, 0.2) is 9.84 Å². The van der Waals surface area contributed by atoms with Crippen molar-refractivity contribution in [3.05, 3.63) is 92.9 Å². The van der Waals surface area contributed by atoms with E-state index in [4.69, 9.17) is 0 Å². The lowest BCUT2D eigenvalue weighted by Crippen LogP contribution is -2.43. The largest absolute Gasteiger partial charge is 0.416 e. The summed E-state index contributed by atoms with van der Waals surface area (Å²) in [6, 6.07) is 10.6. The standard InChI is InChI=1S/C25H23F3N4O6S/c1-14-11-20(22(34)31-30-15(2)33)21(23(35)29-13-16-7-9-19(10-8-16)39(3,37)38)24(36)32(14)18-6-4-5-17(12-18)25(26,27)28/h4-12H,13H2,1-3H3,(H,29,35)(H,30,33)(H,31,34). The number of hydrazine groups is 1. The highest BCUT2D eigenvalue weighted by Gasteiger charge is 2.31. The topological polar surface area (TPSA) is 143 Å². The molecule has 3 aromatic rings. The van der Waals surface area contributed by atoms with Crippen LogP contribution in [0.5, 0.6) is 0 Å². The first-order valence-corrected chi connectivity index (χ1v) is 13.1. The number of nitrogens with zero attached hydrogens (tertiary/aromatic N) is 1. The smallest absolute Gasteiger partial charge is 0.348 e. The van der Waals surface area contributed by atoms with Crippen LogP contribution in [0.2, 0.25) is 0 Å². The maximum absolute atomic E-state index is 13.5. The number of hydrogen-bond donors (Lipinski definition) is 3. The fraction of sp³-hybridized carbons (Fsp3) is 0.200. The number of carbonyl (C=O) groups is 3. The number of nitrogens with one attached hydrogen (secondary N) is 3. The van der Waals surface area contributed by atoms with Gasteiger partial charge in [0, 0.05) is 31.1 Å². The van der Waals surface area contributed by atoms with Crippen LogP contribution in [-0.4, -0.2) is 37.0 Å². The number of aryl methyl sites for hydroxylation is 1. The number of benzene rings is 2. The van der Waals surface area contributed by atoms with E-state index in [1.54, 1.807) is 0 Å². The van der Waals surface area contributed by atoms with Gasteiger partial charge in [0.1, 0.15) is 5.56 Å². The molecule has 14 heteroatoms. The fourth-order valence-electron chi connectivity index (χ4n) is 3.61. The van der Waals surface area contributed by atoms with Crippen LogP contribution in [-0.2, 0) is 27.4 Å². The van der Waals surface area contributed by atoms with E-state index in [-0.39, 0.29) is 22.8 Å². The van der Waals surface area contributed by atoms with Gasteiger partial charge in [0.25, 0.3) is 17.4 Å². The molecule has 206 valence electrons. The first kappa shape index (κ1) is 29.1. The van der Waals surface area contributed by atoms with Crippen molar-refractivity contribution < 1.29 is 36.0 Å². The highest BCUT2D eigenvalue weighted by molar-refractivity contribution is 7.90. The summed E-state index contributed by atoms with van der Waals surface area (Å²) in [5.41, 5.74) is 1.20. The molecule has 10 nitrogen and oxygen atoms in total. The van der Waals surface area contributed by atoms with Crippen LogP contribution in [0.15, 0.2) is 64.3 Å². The number of amides is 3. The highest BCUT2D eigenvalue weighted by Crippen LogP contribution is 2.30. The maximum Gasteiger partial charge on any atom is 0.416 e. The maximum atomic E-state index is 13.5. The Morgan fingerprint density at radius 2 is 1.59 bits per heavy atom. The third-order valence-electron chi connectivity index (χ3n) is 5.45. The lowest BCUT2D eigenvalue weighted by atomic mass is 10.1. The number of sulfone groups is 1. The second-order valence-electron chi connectivity index (χ2n) is 8.50. The second kappa shape index (κ2) is 11.1. The molecule has 2 aromatic carbocycles. The number of carbonyl (C=O) groups excluding carboxylic acids is 3. The van der Waals surface area contributed by atoms with Crippen molar-refractivity contribution in [3.63, 3.8) is 0 Å². The Kier molecular flexibility index (Phi) is 8.29. The van der Waals surface area contributed by atoms with Gasteiger partial charge >= 0.3 is 6.18 Å². The van der Waals surface area contributed by atoms with Gasteiger partial charge in [0.2, 0.25) is 5.91 Å². The second-order valence-corrected chi connectivity index (χ2v) is 10.5. The van der Waals surface area contributed by atoms with Crippen molar-refractivity contribution in [2.45, 2.75) is 31.5 Å². The Balaban J connectivity index is 2.07. The summed E-state index contributed by atoms with van der Waals surface area (Å²) < 4.78 is 64.0.